The van der Waals surface area contributed by atoms with Crippen LogP contribution >= 0.6 is 11.3 Å². The van der Waals surface area contributed by atoms with Gasteiger partial charge in [0, 0.05) is 5.56 Å². The highest BCUT2D eigenvalue weighted by Crippen LogP contribution is 2.28. The number of nitrogens with zero attached hydrogens (tertiary/aromatic N) is 1. The summed E-state index contributed by atoms with van der Waals surface area (Å²) in [5, 5.41) is 21.2. The van der Waals surface area contributed by atoms with Crippen LogP contribution in [-0.2, 0) is 4.79 Å². The first kappa shape index (κ1) is 17.0. The third-order valence-electron chi connectivity index (χ3n) is 3.13. The number of aromatic nitrogens is 1. The Morgan fingerprint density at radius 1 is 1.30 bits per heavy atom. The number of hydrogen-bond acceptors (Lipinski definition) is 5. The predicted molar refractivity (Wildman–Crippen MR) is 82.8 cm³/mol. The zero-order valence-electron chi connectivity index (χ0n) is 12.4. The van der Waals surface area contributed by atoms with Gasteiger partial charge in [-0.1, -0.05) is 0 Å². The number of benzene rings is 1. The Balaban J connectivity index is 2.25. The van der Waals surface area contributed by atoms with Crippen molar-refractivity contribution in [3.05, 3.63) is 40.7 Å². The molecule has 1 amide bonds. The lowest BCUT2D eigenvalue weighted by atomic mass is 10.2. The second-order valence-electron chi connectivity index (χ2n) is 4.97. The van der Waals surface area contributed by atoms with Gasteiger partial charge in [-0.3, -0.25) is 4.79 Å². The fourth-order valence-corrected chi connectivity index (χ4v) is 2.89. The zero-order valence-corrected chi connectivity index (χ0v) is 13.2. The third-order valence-corrected chi connectivity index (χ3v) is 4.33. The monoisotopic (exact) mass is 338 g/mol. The van der Waals surface area contributed by atoms with Crippen LogP contribution in [0.5, 0.6) is 0 Å². The van der Waals surface area contributed by atoms with Crippen LogP contribution in [0.25, 0.3) is 10.6 Å². The number of aliphatic carboxylic acids is 1. The first-order valence-electron chi connectivity index (χ1n) is 6.74. The first-order valence-corrected chi connectivity index (χ1v) is 7.56. The summed E-state index contributed by atoms with van der Waals surface area (Å²) in [6.07, 6.45) is -1.23. The highest BCUT2D eigenvalue weighted by Gasteiger charge is 2.27. The number of halogens is 1. The van der Waals surface area contributed by atoms with Crippen LogP contribution in [0.3, 0.4) is 0 Å². The number of hydrogen-bond donors (Lipinski definition) is 3. The minimum absolute atomic E-state index is 0.247. The Morgan fingerprint density at radius 2 is 1.91 bits per heavy atom. The van der Waals surface area contributed by atoms with Gasteiger partial charge in [0.05, 0.1) is 11.8 Å². The van der Waals surface area contributed by atoms with Gasteiger partial charge >= 0.3 is 5.97 Å². The number of thiazole rings is 1. The molecule has 1 heterocycles. The van der Waals surface area contributed by atoms with Gasteiger partial charge in [-0.05, 0) is 38.1 Å². The lowest BCUT2D eigenvalue weighted by Gasteiger charge is -2.16. The second kappa shape index (κ2) is 6.84. The van der Waals surface area contributed by atoms with Gasteiger partial charge in [-0.15, -0.1) is 11.3 Å². The molecular formula is C15H15FN2O4S. The molecular weight excluding hydrogens is 323 g/mol. The number of aliphatic hydroxyl groups is 1. The molecule has 0 spiro atoms. The van der Waals surface area contributed by atoms with E-state index in [1.807, 2.05) is 0 Å². The molecule has 2 unspecified atom stereocenters. The fourth-order valence-electron chi connectivity index (χ4n) is 1.92. The molecule has 8 heteroatoms. The lowest BCUT2D eigenvalue weighted by molar-refractivity contribution is -0.141. The molecule has 0 bridgehead atoms. The Bertz CT molecular complexity index is 728. The van der Waals surface area contributed by atoms with Gasteiger partial charge < -0.3 is 15.5 Å². The fraction of sp³-hybridized carbons (Fsp3) is 0.267. The van der Waals surface area contributed by atoms with Gasteiger partial charge in [-0.2, -0.15) is 0 Å². The van der Waals surface area contributed by atoms with Crippen molar-refractivity contribution < 1.29 is 24.2 Å². The van der Waals surface area contributed by atoms with E-state index < -0.39 is 24.0 Å². The van der Waals surface area contributed by atoms with Gasteiger partial charge in [0.1, 0.15) is 15.7 Å². The van der Waals surface area contributed by atoms with Crippen molar-refractivity contribution in [3.63, 3.8) is 0 Å². The highest BCUT2D eigenvalue weighted by molar-refractivity contribution is 7.17. The Kier molecular flexibility index (Phi) is 5.07. The number of amides is 1. The Hall–Kier alpha value is -2.32. The maximum atomic E-state index is 12.9. The summed E-state index contributed by atoms with van der Waals surface area (Å²) in [4.78, 5) is 27.7. The van der Waals surface area contributed by atoms with E-state index in [4.69, 9.17) is 5.11 Å². The van der Waals surface area contributed by atoms with Gasteiger partial charge in [0.25, 0.3) is 5.91 Å². The number of nitrogens with one attached hydrogen (secondary N) is 1. The third kappa shape index (κ3) is 3.91. The number of rotatable bonds is 5. The van der Waals surface area contributed by atoms with Crippen LogP contribution in [0.1, 0.15) is 22.3 Å². The van der Waals surface area contributed by atoms with E-state index in [1.54, 1.807) is 19.1 Å². The summed E-state index contributed by atoms with van der Waals surface area (Å²) in [6.45, 7) is 2.90. The van der Waals surface area contributed by atoms with E-state index in [0.717, 1.165) is 11.3 Å². The Morgan fingerprint density at radius 3 is 2.43 bits per heavy atom. The molecule has 0 aliphatic carbocycles. The highest BCUT2D eigenvalue weighted by atomic mass is 32.1. The predicted octanol–water partition coefficient (Wildman–Crippen LogP) is 1.82. The maximum Gasteiger partial charge on any atom is 0.328 e. The van der Waals surface area contributed by atoms with Crippen molar-refractivity contribution in [1.29, 1.82) is 0 Å². The lowest BCUT2D eigenvalue weighted by Crippen LogP contribution is -2.47. The molecule has 2 aromatic rings. The average molecular weight is 338 g/mol. The zero-order chi connectivity index (χ0) is 17.1. The number of aliphatic hydroxyl groups excluding tert-OH is 1. The van der Waals surface area contributed by atoms with Gasteiger partial charge in [-0.25, -0.2) is 14.2 Å². The quantitative estimate of drug-likeness (QED) is 0.772. The molecule has 0 radical (unpaired) electrons. The summed E-state index contributed by atoms with van der Waals surface area (Å²) in [5.74, 6) is -2.32. The molecule has 1 aromatic heterocycles. The molecule has 122 valence electrons. The first-order chi connectivity index (χ1) is 10.8. The minimum Gasteiger partial charge on any atom is -0.480 e. The molecule has 2 rings (SSSR count). The van der Waals surface area contributed by atoms with Crippen LogP contribution in [0.4, 0.5) is 4.39 Å². The van der Waals surface area contributed by atoms with Crippen molar-refractivity contribution in [3.8, 4) is 10.6 Å². The molecule has 6 nitrogen and oxygen atoms in total. The van der Waals surface area contributed by atoms with E-state index in [9.17, 15) is 19.1 Å². The molecule has 2 atom stereocenters. The summed E-state index contributed by atoms with van der Waals surface area (Å²) in [5.41, 5.74) is 1.09. The van der Waals surface area contributed by atoms with Gasteiger partial charge in [0.15, 0.2) is 6.04 Å². The van der Waals surface area contributed by atoms with Crippen LogP contribution in [0.2, 0.25) is 0 Å². The number of aryl methyl sites for hydroxylation is 1. The van der Waals surface area contributed by atoms with E-state index >= 15 is 0 Å². The molecule has 3 N–H and O–H groups in total. The van der Waals surface area contributed by atoms with Gasteiger partial charge in [0.2, 0.25) is 0 Å². The van der Waals surface area contributed by atoms with Crippen LogP contribution in [0, 0.1) is 12.7 Å². The Labute approximate surface area is 135 Å². The summed E-state index contributed by atoms with van der Waals surface area (Å²) < 4.78 is 12.9. The van der Waals surface area contributed by atoms with Crippen LogP contribution in [-0.4, -0.2) is 39.2 Å². The van der Waals surface area contributed by atoms with Crippen LogP contribution < -0.4 is 5.32 Å². The SMILES string of the molecule is Cc1nc(-c2ccc(F)cc2)sc1C(=O)NC(C(=O)O)C(C)O. The van der Waals surface area contributed by atoms with Crippen molar-refractivity contribution in [2.24, 2.45) is 0 Å². The van der Waals surface area contributed by atoms with E-state index in [-0.39, 0.29) is 10.7 Å². The molecule has 0 aliphatic heterocycles. The number of carboxylic acid groups (broad SMARTS) is 1. The van der Waals surface area contributed by atoms with E-state index in [0.29, 0.717) is 16.3 Å². The maximum absolute atomic E-state index is 12.9. The van der Waals surface area contributed by atoms with Crippen molar-refractivity contribution >= 4 is 23.2 Å². The normalized spacial score (nSPS) is 13.4. The minimum atomic E-state index is -1.40. The smallest absolute Gasteiger partial charge is 0.328 e. The van der Waals surface area contributed by atoms with Crippen molar-refractivity contribution in [2.75, 3.05) is 0 Å². The topological polar surface area (TPSA) is 99.5 Å². The number of carbonyl (C=O) groups is 2. The van der Waals surface area contributed by atoms with Crippen molar-refractivity contribution in [2.45, 2.75) is 26.0 Å². The second-order valence-corrected chi connectivity index (χ2v) is 5.97. The molecule has 0 fully saturated rings. The van der Waals surface area contributed by atoms with Crippen molar-refractivity contribution in [1.82, 2.24) is 10.3 Å². The summed E-state index contributed by atoms with van der Waals surface area (Å²) >= 11 is 1.07. The molecule has 23 heavy (non-hydrogen) atoms. The summed E-state index contributed by atoms with van der Waals surface area (Å²) in [6, 6.07) is 4.27. The summed E-state index contributed by atoms with van der Waals surface area (Å²) in [7, 11) is 0. The average Bonchev–Trinajstić information content (AvgIpc) is 2.86. The molecule has 0 saturated carbocycles. The largest absolute Gasteiger partial charge is 0.480 e. The van der Waals surface area contributed by atoms with E-state index in [2.05, 4.69) is 10.3 Å². The molecule has 1 aromatic carbocycles. The standard InChI is InChI=1S/C15H15FN2O4S/c1-7-12(13(20)18-11(8(2)19)15(21)22)23-14(17-7)9-3-5-10(16)6-4-9/h3-6,8,11,19H,1-2H3,(H,18,20)(H,21,22). The molecule has 0 aliphatic rings. The van der Waals surface area contributed by atoms with Crippen LogP contribution in [0.15, 0.2) is 24.3 Å². The number of carboxylic acids is 1. The van der Waals surface area contributed by atoms with E-state index in [1.165, 1.54) is 19.1 Å². The number of carbonyl (C=O) groups excluding carboxylic acids is 1. The molecule has 0 saturated heterocycles.